The SMILES string of the molecule is CN(C(=O)c1cc([N+](=O)[O-])ccc1Br)[C@H]1CNC[C@@H]1O. The maximum absolute atomic E-state index is 12.4. The average Bonchev–Trinajstić information content (AvgIpc) is 2.83. The van der Waals surface area contributed by atoms with E-state index in [0.29, 0.717) is 17.6 Å². The number of halogens is 1. The molecular formula is C12H14BrN3O4. The number of rotatable bonds is 3. The maximum atomic E-state index is 12.4. The molecular weight excluding hydrogens is 330 g/mol. The highest BCUT2D eigenvalue weighted by Crippen LogP contribution is 2.24. The van der Waals surface area contributed by atoms with Gasteiger partial charge in [-0.15, -0.1) is 0 Å². The number of aliphatic hydroxyl groups is 1. The van der Waals surface area contributed by atoms with Crippen molar-refractivity contribution in [3.8, 4) is 0 Å². The molecule has 1 aromatic carbocycles. The number of nitrogens with zero attached hydrogens (tertiary/aromatic N) is 2. The molecule has 8 heteroatoms. The van der Waals surface area contributed by atoms with Gasteiger partial charge in [0.15, 0.2) is 0 Å². The van der Waals surface area contributed by atoms with E-state index < -0.39 is 11.0 Å². The number of benzene rings is 1. The van der Waals surface area contributed by atoms with Gasteiger partial charge < -0.3 is 15.3 Å². The second kappa shape index (κ2) is 5.86. The fraction of sp³-hybridized carbons (Fsp3) is 0.417. The number of amides is 1. The van der Waals surface area contributed by atoms with Crippen LogP contribution in [0.25, 0.3) is 0 Å². The number of carbonyl (C=O) groups is 1. The van der Waals surface area contributed by atoms with Crippen molar-refractivity contribution in [3.63, 3.8) is 0 Å². The Labute approximate surface area is 123 Å². The Morgan fingerprint density at radius 2 is 2.25 bits per heavy atom. The van der Waals surface area contributed by atoms with Gasteiger partial charge in [0.05, 0.1) is 22.6 Å². The molecule has 0 bridgehead atoms. The van der Waals surface area contributed by atoms with Crippen LogP contribution in [0.3, 0.4) is 0 Å². The molecule has 2 atom stereocenters. The summed E-state index contributed by atoms with van der Waals surface area (Å²) in [7, 11) is 1.58. The quantitative estimate of drug-likeness (QED) is 0.624. The van der Waals surface area contributed by atoms with Crippen LogP contribution >= 0.6 is 15.9 Å². The van der Waals surface area contributed by atoms with E-state index in [2.05, 4.69) is 21.2 Å². The molecule has 0 saturated carbocycles. The summed E-state index contributed by atoms with van der Waals surface area (Å²) < 4.78 is 0.486. The molecule has 108 valence electrons. The molecule has 1 aromatic rings. The molecule has 1 saturated heterocycles. The first-order valence-corrected chi connectivity index (χ1v) is 6.81. The lowest BCUT2D eigenvalue weighted by molar-refractivity contribution is -0.384. The Morgan fingerprint density at radius 1 is 1.55 bits per heavy atom. The van der Waals surface area contributed by atoms with Crippen molar-refractivity contribution >= 4 is 27.5 Å². The number of β-amino-alcohol motifs (C(OH)–C–C–N with tert-alkyl or cyclic N) is 1. The van der Waals surface area contributed by atoms with Crippen molar-refractivity contribution in [3.05, 3.63) is 38.3 Å². The van der Waals surface area contributed by atoms with Gasteiger partial charge in [-0.05, 0) is 22.0 Å². The number of nitrogens with one attached hydrogen (secondary N) is 1. The number of hydrogen-bond acceptors (Lipinski definition) is 5. The van der Waals surface area contributed by atoms with E-state index in [0.717, 1.165) is 0 Å². The number of nitro groups is 1. The second-order valence-electron chi connectivity index (χ2n) is 4.63. The number of hydrogen-bond donors (Lipinski definition) is 2. The predicted molar refractivity (Wildman–Crippen MR) is 75.6 cm³/mol. The van der Waals surface area contributed by atoms with Gasteiger partial charge >= 0.3 is 0 Å². The van der Waals surface area contributed by atoms with Crippen molar-refractivity contribution in [2.24, 2.45) is 0 Å². The molecule has 7 nitrogen and oxygen atoms in total. The van der Waals surface area contributed by atoms with Crippen molar-refractivity contribution in [2.75, 3.05) is 20.1 Å². The number of non-ortho nitro benzene ring substituents is 1. The lowest BCUT2D eigenvalue weighted by atomic mass is 10.1. The highest BCUT2D eigenvalue weighted by molar-refractivity contribution is 9.10. The van der Waals surface area contributed by atoms with Crippen LogP contribution in [0.5, 0.6) is 0 Å². The second-order valence-corrected chi connectivity index (χ2v) is 5.48. The lowest BCUT2D eigenvalue weighted by Crippen LogP contribution is -2.44. The van der Waals surface area contributed by atoms with Crippen LogP contribution in [0.4, 0.5) is 5.69 Å². The summed E-state index contributed by atoms with van der Waals surface area (Å²) in [5, 5.41) is 23.6. The van der Waals surface area contributed by atoms with Gasteiger partial charge in [0.25, 0.3) is 11.6 Å². The standard InChI is InChI=1S/C12H14BrN3O4/c1-15(10-5-14-6-11(10)17)12(18)8-4-7(16(19)20)2-3-9(8)13/h2-4,10-11,14,17H,5-6H2,1H3/t10-,11-/m0/s1. The molecule has 0 spiro atoms. The molecule has 1 heterocycles. The minimum Gasteiger partial charge on any atom is -0.390 e. The van der Waals surface area contributed by atoms with E-state index in [1.807, 2.05) is 0 Å². The largest absolute Gasteiger partial charge is 0.390 e. The Hall–Kier alpha value is -1.51. The smallest absolute Gasteiger partial charge is 0.270 e. The minimum absolute atomic E-state index is 0.143. The van der Waals surface area contributed by atoms with Crippen LogP contribution in [-0.4, -0.2) is 53.1 Å². The third-order valence-corrected chi connectivity index (χ3v) is 4.05. The van der Waals surface area contributed by atoms with Crippen molar-refractivity contribution in [1.29, 1.82) is 0 Å². The first-order valence-electron chi connectivity index (χ1n) is 6.01. The fourth-order valence-corrected chi connectivity index (χ4v) is 2.59. The lowest BCUT2D eigenvalue weighted by Gasteiger charge is -2.26. The third kappa shape index (κ3) is 2.82. The first kappa shape index (κ1) is 14.9. The van der Waals surface area contributed by atoms with Gasteiger partial charge in [0.1, 0.15) is 0 Å². The molecule has 0 unspecified atom stereocenters. The number of likely N-dealkylation sites (N-methyl/N-ethyl adjacent to an activating group) is 1. The first-order chi connectivity index (χ1) is 9.41. The van der Waals surface area contributed by atoms with Gasteiger partial charge in [0.2, 0.25) is 0 Å². The topological polar surface area (TPSA) is 95.7 Å². The molecule has 1 aliphatic heterocycles. The van der Waals surface area contributed by atoms with Gasteiger partial charge in [0, 0.05) is 36.7 Å². The van der Waals surface area contributed by atoms with Crippen LogP contribution in [0, 0.1) is 10.1 Å². The fourth-order valence-electron chi connectivity index (χ4n) is 2.18. The third-order valence-electron chi connectivity index (χ3n) is 3.36. The van der Waals surface area contributed by atoms with E-state index >= 15 is 0 Å². The van der Waals surface area contributed by atoms with Gasteiger partial charge in [-0.1, -0.05) is 0 Å². The van der Waals surface area contributed by atoms with Crippen LogP contribution in [-0.2, 0) is 0 Å². The summed E-state index contributed by atoms with van der Waals surface area (Å²) in [6.07, 6.45) is -0.638. The molecule has 2 rings (SSSR count). The van der Waals surface area contributed by atoms with Gasteiger partial charge in [-0.2, -0.15) is 0 Å². The van der Waals surface area contributed by atoms with Crippen LogP contribution in [0.2, 0.25) is 0 Å². The van der Waals surface area contributed by atoms with Crippen LogP contribution in [0.1, 0.15) is 10.4 Å². The summed E-state index contributed by atoms with van der Waals surface area (Å²) in [6.45, 7) is 0.925. The Kier molecular flexibility index (Phi) is 4.36. The van der Waals surface area contributed by atoms with E-state index in [1.54, 1.807) is 7.05 Å². The van der Waals surface area contributed by atoms with Gasteiger partial charge in [-0.3, -0.25) is 14.9 Å². The van der Waals surface area contributed by atoms with E-state index in [9.17, 15) is 20.0 Å². The Bertz CT molecular complexity index is 552. The summed E-state index contributed by atoms with van der Waals surface area (Å²) in [5.74, 6) is -0.367. The number of aliphatic hydroxyl groups excluding tert-OH is 1. The summed E-state index contributed by atoms with van der Waals surface area (Å²) >= 11 is 3.22. The van der Waals surface area contributed by atoms with Crippen LogP contribution in [0.15, 0.2) is 22.7 Å². The highest BCUT2D eigenvalue weighted by Gasteiger charge is 2.32. The van der Waals surface area contributed by atoms with Gasteiger partial charge in [-0.25, -0.2) is 0 Å². The molecule has 2 N–H and O–H groups in total. The summed E-state index contributed by atoms with van der Waals surface area (Å²) in [4.78, 5) is 24.1. The van der Waals surface area contributed by atoms with Crippen molar-refractivity contribution in [1.82, 2.24) is 10.2 Å². The maximum Gasteiger partial charge on any atom is 0.270 e. The number of nitro benzene ring substituents is 1. The molecule has 1 amide bonds. The van der Waals surface area contributed by atoms with Crippen LogP contribution < -0.4 is 5.32 Å². The zero-order chi connectivity index (χ0) is 14.9. The Balaban J connectivity index is 2.28. The monoisotopic (exact) mass is 343 g/mol. The molecule has 0 radical (unpaired) electrons. The molecule has 0 aliphatic carbocycles. The zero-order valence-electron chi connectivity index (χ0n) is 10.7. The van der Waals surface area contributed by atoms with Crippen molar-refractivity contribution < 1.29 is 14.8 Å². The zero-order valence-corrected chi connectivity index (χ0v) is 12.3. The summed E-state index contributed by atoms with van der Waals surface area (Å²) in [5.41, 5.74) is 0.0656. The van der Waals surface area contributed by atoms with E-state index in [1.165, 1.54) is 23.1 Å². The molecule has 20 heavy (non-hydrogen) atoms. The van der Waals surface area contributed by atoms with E-state index in [4.69, 9.17) is 0 Å². The minimum atomic E-state index is -0.638. The normalized spacial score (nSPS) is 21.8. The molecule has 0 aromatic heterocycles. The van der Waals surface area contributed by atoms with E-state index in [-0.39, 0.29) is 23.2 Å². The predicted octanol–water partition coefficient (Wildman–Crippen LogP) is 0.762. The Morgan fingerprint density at radius 3 is 2.80 bits per heavy atom. The average molecular weight is 344 g/mol. The molecule has 1 fully saturated rings. The molecule has 1 aliphatic rings. The van der Waals surface area contributed by atoms with Crippen molar-refractivity contribution in [2.45, 2.75) is 12.1 Å². The summed E-state index contributed by atoms with van der Waals surface area (Å²) in [6, 6.07) is 3.70. The highest BCUT2D eigenvalue weighted by atomic mass is 79.9. The number of carbonyl (C=O) groups excluding carboxylic acids is 1.